The summed E-state index contributed by atoms with van der Waals surface area (Å²) in [6, 6.07) is 8.00. The Labute approximate surface area is 199 Å². The van der Waals surface area contributed by atoms with Crippen molar-refractivity contribution in [2.45, 2.75) is 51.7 Å². The van der Waals surface area contributed by atoms with Gasteiger partial charge in [-0.15, -0.1) is 6.58 Å². The average molecular weight is 456 g/mol. The zero-order chi connectivity index (χ0) is 24.2. The lowest BCUT2D eigenvalue weighted by Crippen LogP contribution is -2.21. The molecule has 1 fully saturated rings. The molecule has 0 radical (unpaired) electrons. The molecule has 0 aromatic heterocycles. The second-order valence-corrected chi connectivity index (χ2v) is 7.85. The largest absolute Gasteiger partial charge is 0.327 e. The number of amidine groups is 1. The van der Waals surface area contributed by atoms with Crippen molar-refractivity contribution >= 4 is 11.5 Å². The fourth-order valence-corrected chi connectivity index (χ4v) is 3.05. The van der Waals surface area contributed by atoms with Gasteiger partial charge < -0.3 is 16.4 Å². The van der Waals surface area contributed by atoms with E-state index in [4.69, 9.17) is 5.73 Å². The molecule has 5 nitrogen and oxygen atoms in total. The molecule has 0 bridgehead atoms. The lowest BCUT2D eigenvalue weighted by atomic mass is 10.1. The normalized spacial score (nSPS) is 17.1. The Balaban J connectivity index is 0.000000276. The molecule has 1 atom stereocenters. The maximum absolute atomic E-state index is 13.0. The SMILES string of the molecule is C1=CCCC=C1.C1CCNCC1.C=CCN.CNCc1ccc(C2=NCC(C(C)F)=N2)cc1. The molecule has 0 saturated carbocycles. The first-order chi connectivity index (χ1) is 16.1. The van der Waals surface area contributed by atoms with Crippen molar-refractivity contribution in [2.24, 2.45) is 15.7 Å². The van der Waals surface area contributed by atoms with Crippen molar-refractivity contribution < 1.29 is 4.39 Å². The second kappa shape index (κ2) is 19.1. The van der Waals surface area contributed by atoms with E-state index in [1.807, 2.05) is 31.3 Å². The van der Waals surface area contributed by atoms with Gasteiger partial charge in [0.05, 0.1) is 12.3 Å². The van der Waals surface area contributed by atoms with Crippen LogP contribution in [0.1, 0.15) is 50.2 Å². The van der Waals surface area contributed by atoms with Crippen molar-refractivity contribution in [3.63, 3.8) is 0 Å². The average Bonchev–Trinajstić information content (AvgIpc) is 3.39. The Hall–Kier alpha value is -2.41. The van der Waals surface area contributed by atoms with E-state index in [-0.39, 0.29) is 0 Å². The highest BCUT2D eigenvalue weighted by molar-refractivity contribution is 6.12. The quantitative estimate of drug-likeness (QED) is 0.561. The molecule has 1 unspecified atom stereocenters. The Kier molecular flexibility index (Phi) is 16.6. The highest BCUT2D eigenvalue weighted by Gasteiger charge is 2.16. The van der Waals surface area contributed by atoms with Crippen molar-refractivity contribution in [3.05, 3.63) is 72.4 Å². The van der Waals surface area contributed by atoms with Crippen LogP contribution in [0.4, 0.5) is 4.39 Å². The van der Waals surface area contributed by atoms with Gasteiger partial charge in [0.15, 0.2) is 5.84 Å². The van der Waals surface area contributed by atoms with Crippen LogP contribution in [-0.4, -0.2) is 50.9 Å². The smallest absolute Gasteiger partial charge is 0.155 e. The van der Waals surface area contributed by atoms with E-state index in [2.05, 4.69) is 51.5 Å². The minimum atomic E-state index is -1.01. The van der Waals surface area contributed by atoms with Gasteiger partial charge in [-0.1, -0.05) is 61.1 Å². The molecule has 6 heteroatoms. The molecule has 0 amide bonds. The number of alkyl halides is 1. The van der Waals surface area contributed by atoms with Crippen LogP contribution in [0.25, 0.3) is 0 Å². The number of nitrogens with one attached hydrogen (secondary N) is 2. The summed E-state index contributed by atoms with van der Waals surface area (Å²) < 4.78 is 13.0. The molecule has 4 N–H and O–H groups in total. The van der Waals surface area contributed by atoms with Gasteiger partial charge in [-0.25, -0.2) is 9.38 Å². The van der Waals surface area contributed by atoms with E-state index in [1.165, 1.54) is 57.7 Å². The number of hydrogen-bond donors (Lipinski definition) is 3. The fourth-order valence-electron chi connectivity index (χ4n) is 3.05. The Morgan fingerprint density at radius 3 is 2.06 bits per heavy atom. The zero-order valence-corrected chi connectivity index (χ0v) is 20.4. The Morgan fingerprint density at radius 2 is 1.73 bits per heavy atom. The maximum Gasteiger partial charge on any atom is 0.155 e. The lowest BCUT2D eigenvalue weighted by Gasteiger charge is -2.08. The molecular formula is C27H42FN5. The van der Waals surface area contributed by atoms with Crippen LogP contribution in [0.2, 0.25) is 0 Å². The summed E-state index contributed by atoms with van der Waals surface area (Å²) in [6.07, 6.45) is 15.9. The number of aliphatic imine (C=N–C) groups is 2. The number of piperidine rings is 1. The van der Waals surface area contributed by atoms with Gasteiger partial charge in [0.2, 0.25) is 0 Å². The molecule has 182 valence electrons. The Morgan fingerprint density at radius 1 is 1.12 bits per heavy atom. The van der Waals surface area contributed by atoms with E-state index < -0.39 is 6.17 Å². The Bertz CT molecular complexity index is 736. The summed E-state index contributed by atoms with van der Waals surface area (Å²) in [4.78, 5) is 8.45. The first-order valence-corrected chi connectivity index (χ1v) is 12.0. The van der Waals surface area contributed by atoms with Crippen LogP contribution < -0.4 is 16.4 Å². The van der Waals surface area contributed by atoms with E-state index in [9.17, 15) is 4.39 Å². The summed E-state index contributed by atoms with van der Waals surface area (Å²) in [5.74, 6) is 0.639. The van der Waals surface area contributed by atoms with E-state index in [0.717, 1.165) is 12.1 Å². The van der Waals surface area contributed by atoms with Gasteiger partial charge in [0.1, 0.15) is 6.17 Å². The van der Waals surface area contributed by atoms with Gasteiger partial charge in [-0.2, -0.15) is 0 Å². The summed E-state index contributed by atoms with van der Waals surface area (Å²) in [7, 11) is 1.91. The standard InChI is InChI=1S/C13H16FN3.C6H8.C5H11N.C3H7N/c1-9(14)12-8-16-13(17-12)11-5-3-10(4-6-11)7-15-2;2*1-2-4-6-5-3-1;1-2-3-4/h3-6,9,15H,7-8H2,1-2H3;1-4H,5-6H2;6H,1-5H2;2H,1,3-4H2. The molecule has 33 heavy (non-hydrogen) atoms. The van der Waals surface area contributed by atoms with Crippen molar-refractivity contribution in [1.82, 2.24) is 10.6 Å². The zero-order valence-electron chi connectivity index (χ0n) is 20.4. The molecule has 2 aliphatic heterocycles. The highest BCUT2D eigenvalue weighted by atomic mass is 19.1. The maximum atomic E-state index is 13.0. The molecule has 4 rings (SSSR count). The number of nitrogens with two attached hydrogens (primary N) is 1. The first-order valence-electron chi connectivity index (χ1n) is 12.0. The van der Waals surface area contributed by atoms with E-state index in [0.29, 0.717) is 24.6 Å². The molecule has 1 aromatic rings. The number of hydrogen-bond acceptors (Lipinski definition) is 5. The number of allylic oxidation sites excluding steroid dienone is 4. The number of benzene rings is 1. The summed E-state index contributed by atoms with van der Waals surface area (Å²) in [6.45, 7) is 9.15. The third kappa shape index (κ3) is 13.7. The number of rotatable bonds is 5. The lowest BCUT2D eigenvalue weighted by molar-refractivity contribution is 0.452. The van der Waals surface area contributed by atoms with Gasteiger partial charge in [-0.05, 0) is 58.3 Å². The molecule has 1 aliphatic carbocycles. The van der Waals surface area contributed by atoms with Gasteiger partial charge >= 0.3 is 0 Å². The van der Waals surface area contributed by atoms with Crippen molar-refractivity contribution in [1.29, 1.82) is 0 Å². The number of nitrogens with zero attached hydrogens (tertiary/aromatic N) is 2. The summed E-state index contributed by atoms with van der Waals surface area (Å²) in [5, 5.41) is 6.37. The van der Waals surface area contributed by atoms with Crippen LogP contribution in [0.3, 0.4) is 0 Å². The first kappa shape index (κ1) is 28.6. The van der Waals surface area contributed by atoms with E-state index in [1.54, 1.807) is 6.08 Å². The van der Waals surface area contributed by atoms with Crippen LogP contribution in [-0.2, 0) is 6.54 Å². The third-order valence-corrected chi connectivity index (χ3v) is 4.95. The summed E-state index contributed by atoms with van der Waals surface area (Å²) in [5.41, 5.74) is 7.57. The molecular weight excluding hydrogens is 413 g/mol. The van der Waals surface area contributed by atoms with Crippen LogP contribution >= 0.6 is 0 Å². The van der Waals surface area contributed by atoms with Gasteiger partial charge in [0.25, 0.3) is 0 Å². The predicted molar refractivity (Wildman–Crippen MR) is 142 cm³/mol. The predicted octanol–water partition coefficient (Wildman–Crippen LogP) is 4.75. The van der Waals surface area contributed by atoms with Crippen LogP contribution in [0.15, 0.2) is 71.2 Å². The minimum Gasteiger partial charge on any atom is -0.327 e. The van der Waals surface area contributed by atoms with E-state index >= 15 is 0 Å². The molecule has 1 saturated heterocycles. The summed E-state index contributed by atoms with van der Waals surface area (Å²) >= 11 is 0. The topological polar surface area (TPSA) is 74.8 Å². The number of halogens is 1. The monoisotopic (exact) mass is 455 g/mol. The van der Waals surface area contributed by atoms with Crippen molar-refractivity contribution in [2.75, 3.05) is 33.2 Å². The molecule has 3 aliphatic rings. The minimum absolute atomic E-state index is 0.380. The molecule has 1 aromatic carbocycles. The molecule has 2 heterocycles. The molecule has 0 spiro atoms. The fraction of sp³-hybridized carbons (Fsp3) is 0.481. The van der Waals surface area contributed by atoms with Crippen LogP contribution in [0.5, 0.6) is 0 Å². The van der Waals surface area contributed by atoms with Crippen molar-refractivity contribution in [3.8, 4) is 0 Å². The van der Waals surface area contributed by atoms with Gasteiger partial charge in [0, 0.05) is 18.7 Å². The van der Waals surface area contributed by atoms with Crippen LogP contribution in [0, 0.1) is 0 Å². The highest BCUT2D eigenvalue weighted by Crippen LogP contribution is 2.12. The third-order valence-electron chi connectivity index (χ3n) is 4.95. The second-order valence-electron chi connectivity index (χ2n) is 7.85. The van der Waals surface area contributed by atoms with Gasteiger partial charge in [-0.3, -0.25) is 4.99 Å².